The van der Waals surface area contributed by atoms with Crippen LogP contribution in [0.5, 0.6) is 0 Å². The van der Waals surface area contributed by atoms with Gasteiger partial charge in [0.15, 0.2) is 0 Å². The highest BCUT2D eigenvalue weighted by molar-refractivity contribution is 7.10. The van der Waals surface area contributed by atoms with Crippen LogP contribution in [0.2, 0.25) is 0 Å². The number of carbonyl (C=O) groups excluding carboxylic acids is 1. The molecule has 0 saturated heterocycles. The average molecular weight is 278 g/mol. The van der Waals surface area contributed by atoms with Crippen LogP contribution in [0.3, 0.4) is 0 Å². The first-order valence-corrected chi connectivity index (χ1v) is 6.24. The molecule has 1 aromatic carbocycles. The number of nitro benzene ring substituents is 1. The van der Waals surface area contributed by atoms with Crippen LogP contribution in [0.4, 0.5) is 5.69 Å². The minimum atomic E-state index is -0.451. The fraction of sp³-hybridized carbons (Fsp3) is 0.167. The summed E-state index contributed by atoms with van der Waals surface area (Å²) in [6.07, 6.45) is 0.133. The van der Waals surface area contributed by atoms with Gasteiger partial charge in [0.05, 0.1) is 24.1 Å². The zero-order chi connectivity index (χ0) is 13.8. The predicted octanol–water partition coefficient (Wildman–Crippen LogP) is 2.43. The number of esters is 1. The van der Waals surface area contributed by atoms with E-state index in [1.807, 2.05) is 0 Å². The molecule has 7 heteroatoms. The van der Waals surface area contributed by atoms with Crippen LogP contribution in [0, 0.1) is 10.1 Å². The smallest absolute Gasteiger partial charge is 0.312 e. The third kappa shape index (κ3) is 3.14. The molecule has 0 spiro atoms. The van der Waals surface area contributed by atoms with Crippen molar-refractivity contribution in [3.63, 3.8) is 0 Å². The molecule has 0 fully saturated rings. The number of non-ortho nitro benzene ring substituents is 1. The highest BCUT2D eigenvalue weighted by atomic mass is 32.1. The topological polar surface area (TPSA) is 82.3 Å². The monoisotopic (exact) mass is 278 g/mol. The number of methoxy groups -OCH3 is 1. The molecule has 0 atom stereocenters. The van der Waals surface area contributed by atoms with E-state index in [2.05, 4.69) is 9.72 Å². The molecule has 2 aromatic rings. The van der Waals surface area contributed by atoms with E-state index in [0.717, 1.165) is 5.56 Å². The maximum atomic E-state index is 11.1. The summed E-state index contributed by atoms with van der Waals surface area (Å²) >= 11 is 1.35. The maximum Gasteiger partial charge on any atom is 0.312 e. The van der Waals surface area contributed by atoms with Gasteiger partial charge in [-0.15, -0.1) is 11.3 Å². The molecule has 0 N–H and O–H groups in total. The molecule has 0 aliphatic rings. The molecule has 2 rings (SSSR count). The molecule has 6 nitrogen and oxygen atoms in total. The summed E-state index contributed by atoms with van der Waals surface area (Å²) in [6.45, 7) is 0. The standard InChI is InChI=1S/C12H10N2O4S/c1-18-12(15)6-11-13-10(7-19-11)8-2-4-9(5-3-8)14(16)17/h2-5,7H,6H2,1H3. The lowest BCUT2D eigenvalue weighted by Gasteiger charge is -1.96. The zero-order valence-corrected chi connectivity index (χ0v) is 10.8. The van der Waals surface area contributed by atoms with Crippen LogP contribution in [0.25, 0.3) is 11.3 Å². The Balaban J connectivity index is 2.18. The Hall–Kier alpha value is -2.28. The molecule has 0 amide bonds. The van der Waals surface area contributed by atoms with E-state index in [1.165, 1.54) is 30.6 Å². The zero-order valence-electron chi connectivity index (χ0n) is 10.0. The average Bonchev–Trinajstić information content (AvgIpc) is 2.87. The van der Waals surface area contributed by atoms with Gasteiger partial charge in [-0.3, -0.25) is 14.9 Å². The van der Waals surface area contributed by atoms with Crippen molar-refractivity contribution in [1.29, 1.82) is 0 Å². The highest BCUT2D eigenvalue weighted by Gasteiger charge is 2.10. The molecular weight excluding hydrogens is 268 g/mol. The van der Waals surface area contributed by atoms with E-state index < -0.39 is 4.92 Å². The van der Waals surface area contributed by atoms with Crippen LogP contribution in [0.1, 0.15) is 5.01 Å². The molecule has 0 aliphatic carbocycles. The summed E-state index contributed by atoms with van der Waals surface area (Å²) in [4.78, 5) is 25.5. The predicted molar refractivity (Wildman–Crippen MR) is 69.9 cm³/mol. The number of benzene rings is 1. The van der Waals surface area contributed by atoms with Crippen LogP contribution >= 0.6 is 11.3 Å². The minimum absolute atomic E-state index is 0.0359. The third-order valence-corrected chi connectivity index (χ3v) is 3.30. The summed E-state index contributed by atoms with van der Waals surface area (Å²) in [7, 11) is 1.33. The van der Waals surface area contributed by atoms with Crippen LogP contribution in [0.15, 0.2) is 29.6 Å². The van der Waals surface area contributed by atoms with Crippen molar-refractivity contribution in [1.82, 2.24) is 4.98 Å². The Kier molecular flexibility index (Phi) is 3.86. The number of ether oxygens (including phenoxy) is 1. The highest BCUT2D eigenvalue weighted by Crippen LogP contribution is 2.24. The number of rotatable bonds is 4. The number of nitro groups is 1. The van der Waals surface area contributed by atoms with E-state index in [4.69, 9.17) is 0 Å². The Morgan fingerprint density at radius 3 is 2.68 bits per heavy atom. The summed E-state index contributed by atoms with van der Waals surface area (Å²) in [5.74, 6) is -0.343. The van der Waals surface area contributed by atoms with Gasteiger partial charge >= 0.3 is 5.97 Å². The number of hydrogen-bond acceptors (Lipinski definition) is 6. The SMILES string of the molecule is COC(=O)Cc1nc(-c2ccc([N+](=O)[O-])cc2)cs1. The van der Waals surface area contributed by atoms with Gasteiger partial charge in [0.2, 0.25) is 0 Å². The normalized spacial score (nSPS) is 10.2. The van der Waals surface area contributed by atoms with Crippen LogP contribution < -0.4 is 0 Å². The lowest BCUT2D eigenvalue weighted by atomic mass is 10.1. The minimum Gasteiger partial charge on any atom is -0.469 e. The van der Waals surface area contributed by atoms with Crippen molar-refractivity contribution in [3.8, 4) is 11.3 Å². The van der Waals surface area contributed by atoms with Crippen molar-refractivity contribution in [2.24, 2.45) is 0 Å². The summed E-state index contributed by atoms with van der Waals surface area (Å²) in [5.41, 5.74) is 1.51. The van der Waals surface area contributed by atoms with Gasteiger partial charge in [0.1, 0.15) is 5.01 Å². The lowest BCUT2D eigenvalue weighted by Crippen LogP contribution is -2.03. The van der Waals surface area contributed by atoms with Gasteiger partial charge in [-0.25, -0.2) is 4.98 Å². The van der Waals surface area contributed by atoms with E-state index >= 15 is 0 Å². The van der Waals surface area contributed by atoms with E-state index in [-0.39, 0.29) is 18.1 Å². The van der Waals surface area contributed by atoms with E-state index in [9.17, 15) is 14.9 Å². The maximum absolute atomic E-state index is 11.1. The second kappa shape index (κ2) is 5.57. The van der Waals surface area contributed by atoms with Crippen molar-refractivity contribution < 1.29 is 14.5 Å². The van der Waals surface area contributed by atoms with Crippen molar-refractivity contribution in [3.05, 3.63) is 44.8 Å². The molecule has 0 aliphatic heterocycles. The van der Waals surface area contributed by atoms with Crippen LogP contribution in [-0.4, -0.2) is 23.0 Å². The number of aromatic nitrogens is 1. The second-order valence-electron chi connectivity index (χ2n) is 3.68. The Labute approximate surface area is 112 Å². The van der Waals surface area contributed by atoms with Crippen molar-refractivity contribution in [2.75, 3.05) is 7.11 Å². The number of nitrogens with zero attached hydrogens (tertiary/aromatic N) is 2. The molecule has 0 unspecified atom stereocenters. The van der Waals surface area contributed by atoms with Gasteiger partial charge in [0, 0.05) is 23.1 Å². The Bertz CT molecular complexity index is 606. The fourth-order valence-electron chi connectivity index (χ4n) is 1.47. The molecular formula is C12H10N2O4S. The largest absolute Gasteiger partial charge is 0.469 e. The molecule has 1 heterocycles. The van der Waals surface area contributed by atoms with Gasteiger partial charge in [-0.2, -0.15) is 0 Å². The fourth-order valence-corrected chi connectivity index (χ4v) is 2.26. The number of carbonyl (C=O) groups is 1. The quantitative estimate of drug-likeness (QED) is 0.487. The molecule has 98 valence electrons. The Morgan fingerprint density at radius 1 is 1.42 bits per heavy atom. The van der Waals surface area contributed by atoms with E-state index in [0.29, 0.717) is 10.7 Å². The molecule has 19 heavy (non-hydrogen) atoms. The first-order chi connectivity index (χ1) is 9.10. The lowest BCUT2D eigenvalue weighted by molar-refractivity contribution is -0.384. The molecule has 1 aromatic heterocycles. The molecule has 0 bridgehead atoms. The van der Waals surface area contributed by atoms with Crippen LogP contribution in [-0.2, 0) is 16.0 Å². The second-order valence-corrected chi connectivity index (χ2v) is 4.63. The van der Waals surface area contributed by atoms with Crippen molar-refractivity contribution in [2.45, 2.75) is 6.42 Å². The third-order valence-electron chi connectivity index (χ3n) is 2.45. The first-order valence-electron chi connectivity index (χ1n) is 5.36. The summed E-state index contributed by atoms with van der Waals surface area (Å²) in [6, 6.07) is 6.12. The number of hydrogen-bond donors (Lipinski definition) is 0. The first kappa shape index (κ1) is 13.2. The van der Waals surface area contributed by atoms with Gasteiger partial charge in [-0.05, 0) is 12.1 Å². The molecule has 0 radical (unpaired) electrons. The Morgan fingerprint density at radius 2 is 2.11 bits per heavy atom. The van der Waals surface area contributed by atoms with Gasteiger partial charge in [0.25, 0.3) is 5.69 Å². The number of thiazole rings is 1. The van der Waals surface area contributed by atoms with Crippen molar-refractivity contribution >= 4 is 23.0 Å². The summed E-state index contributed by atoms with van der Waals surface area (Å²) < 4.78 is 4.56. The van der Waals surface area contributed by atoms with E-state index in [1.54, 1.807) is 17.5 Å². The molecule has 0 saturated carbocycles. The summed E-state index contributed by atoms with van der Waals surface area (Å²) in [5, 5.41) is 13.0. The van der Waals surface area contributed by atoms with Gasteiger partial charge in [-0.1, -0.05) is 0 Å². The van der Waals surface area contributed by atoms with Gasteiger partial charge < -0.3 is 4.74 Å².